The lowest BCUT2D eigenvalue weighted by molar-refractivity contribution is 0.240. The first kappa shape index (κ1) is 14.1. The van der Waals surface area contributed by atoms with Crippen LogP contribution in [-0.2, 0) is 20.1 Å². The van der Waals surface area contributed by atoms with Crippen LogP contribution in [0.3, 0.4) is 0 Å². The summed E-state index contributed by atoms with van der Waals surface area (Å²) in [4.78, 5) is 11.7. The molecule has 4 nitrogen and oxygen atoms in total. The molecule has 0 radical (unpaired) electrons. The summed E-state index contributed by atoms with van der Waals surface area (Å²) in [7, 11) is 1.96. The number of nitrogens with zero attached hydrogens (tertiary/aromatic N) is 1. The summed E-state index contributed by atoms with van der Waals surface area (Å²) in [5, 5.41) is 5.52. The molecule has 0 aliphatic rings. The number of hydrogen-bond donors (Lipinski definition) is 2. The first-order valence-corrected chi connectivity index (χ1v) is 6.43. The fourth-order valence-corrected chi connectivity index (χ4v) is 1.86. The second-order valence-corrected chi connectivity index (χ2v) is 4.69. The van der Waals surface area contributed by atoms with E-state index in [4.69, 9.17) is 0 Å². The summed E-state index contributed by atoms with van der Waals surface area (Å²) in [6, 6.07) is 9.80. The standard InChI is InChI=1S/C15H18FN3O/c1-11-3-8-14(19(11)2)10-18-15(20)17-9-12-4-6-13(16)7-5-12/h3-8H,9-10H2,1-2H3,(H2,17,18,20). The fraction of sp³-hybridized carbons (Fsp3) is 0.267. The van der Waals surface area contributed by atoms with E-state index in [1.807, 2.05) is 30.7 Å². The zero-order valence-corrected chi connectivity index (χ0v) is 11.6. The topological polar surface area (TPSA) is 46.1 Å². The van der Waals surface area contributed by atoms with Crippen LogP contribution in [0, 0.1) is 12.7 Å². The molecule has 0 spiro atoms. The Balaban J connectivity index is 1.78. The molecule has 2 N–H and O–H groups in total. The minimum absolute atomic E-state index is 0.242. The molecule has 0 atom stereocenters. The highest BCUT2D eigenvalue weighted by Crippen LogP contribution is 2.05. The molecule has 106 valence electrons. The van der Waals surface area contributed by atoms with E-state index in [1.165, 1.54) is 12.1 Å². The van der Waals surface area contributed by atoms with E-state index < -0.39 is 0 Å². The van der Waals surface area contributed by atoms with Gasteiger partial charge in [0.25, 0.3) is 0 Å². The lowest BCUT2D eigenvalue weighted by Crippen LogP contribution is -2.35. The molecule has 2 aromatic rings. The molecule has 1 aromatic heterocycles. The van der Waals surface area contributed by atoms with Crippen LogP contribution in [0.15, 0.2) is 36.4 Å². The molecule has 0 saturated heterocycles. The van der Waals surface area contributed by atoms with Crippen molar-refractivity contribution >= 4 is 6.03 Å². The summed E-state index contributed by atoms with van der Waals surface area (Å²) in [6.45, 7) is 2.86. The van der Waals surface area contributed by atoms with Crippen LogP contribution >= 0.6 is 0 Å². The molecule has 5 heteroatoms. The van der Waals surface area contributed by atoms with Gasteiger partial charge in [-0.2, -0.15) is 0 Å². The highest BCUT2D eigenvalue weighted by molar-refractivity contribution is 5.73. The van der Waals surface area contributed by atoms with Gasteiger partial charge in [0.1, 0.15) is 5.82 Å². The number of aromatic nitrogens is 1. The van der Waals surface area contributed by atoms with Gasteiger partial charge in [0, 0.05) is 25.0 Å². The normalized spacial score (nSPS) is 10.3. The lowest BCUT2D eigenvalue weighted by atomic mass is 10.2. The zero-order chi connectivity index (χ0) is 14.5. The quantitative estimate of drug-likeness (QED) is 0.884. The van der Waals surface area contributed by atoms with E-state index in [0.717, 1.165) is 17.0 Å². The predicted octanol–water partition coefficient (Wildman–Crippen LogP) is 2.47. The summed E-state index contributed by atoms with van der Waals surface area (Å²) >= 11 is 0. The van der Waals surface area contributed by atoms with E-state index in [-0.39, 0.29) is 11.8 Å². The van der Waals surface area contributed by atoms with Gasteiger partial charge in [-0.3, -0.25) is 0 Å². The molecule has 0 bridgehead atoms. The minimum Gasteiger partial charge on any atom is -0.350 e. The van der Waals surface area contributed by atoms with Crippen LogP contribution < -0.4 is 10.6 Å². The van der Waals surface area contributed by atoms with Gasteiger partial charge in [-0.25, -0.2) is 9.18 Å². The van der Waals surface area contributed by atoms with Crippen LogP contribution in [0.1, 0.15) is 17.0 Å². The number of aryl methyl sites for hydroxylation is 1. The lowest BCUT2D eigenvalue weighted by Gasteiger charge is -2.09. The number of hydrogen-bond acceptors (Lipinski definition) is 1. The Labute approximate surface area is 117 Å². The fourth-order valence-electron chi connectivity index (χ4n) is 1.86. The Kier molecular flexibility index (Phi) is 4.40. The van der Waals surface area contributed by atoms with E-state index in [1.54, 1.807) is 12.1 Å². The Morgan fingerprint density at radius 1 is 1.10 bits per heavy atom. The second-order valence-electron chi connectivity index (χ2n) is 4.69. The van der Waals surface area contributed by atoms with E-state index in [9.17, 15) is 9.18 Å². The predicted molar refractivity (Wildman–Crippen MR) is 75.6 cm³/mol. The molecule has 0 aliphatic heterocycles. The van der Waals surface area contributed by atoms with Crippen LogP contribution in [-0.4, -0.2) is 10.6 Å². The van der Waals surface area contributed by atoms with Gasteiger partial charge in [0.05, 0.1) is 6.54 Å². The van der Waals surface area contributed by atoms with Crippen molar-refractivity contribution in [3.63, 3.8) is 0 Å². The van der Waals surface area contributed by atoms with Crippen molar-refractivity contribution in [2.24, 2.45) is 7.05 Å². The number of halogens is 1. The maximum atomic E-state index is 12.7. The van der Waals surface area contributed by atoms with Gasteiger partial charge in [-0.05, 0) is 36.8 Å². The number of benzene rings is 1. The van der Waals surface area contributed by atoms with Crippen molar-refractivity contribution in [2.45, 2.75) is 20.0 Å². The maximum Gasteiger partial charge on any atom is 0.315 e. The number of nitrogens with one attached hydrogen (secondary N) is 2. The number of urea groups is 1. The molecule has 0 unspecified atom stereocenters. The van der Waals surface area contributed by atoms with Gasteiger partial charge in [0.2, 0.25) is 0 Å². The summed E-state index contributed by atoms with van der Waals surface area (Å²) in [5.74, 6) is -0.280. The van der Waals surface area contributed by atoms with Gasteiger partial charge < -0.3 is 15.2 Å². The second kappa shape index (κ2) is 6.23. The molecule has 20 heavy (non-hydrogen) atoms. The average molecular weight is 275 g/mol. The van der Waals surface area contributed by atoms with Crippen molar-refractivity contribution < 1.29 is 9.18 Å². The molecule has 0 aliphatic carbocycles. The monoisotopic (exact) mass is 275 g/mol. The zero-order valence-electron chi connectivity index (χ0n) is 11.6. The Morgan fingerprint density at radius 2 is 1.75 bits per heavy atom. The van der Waals surface area contributed by atoms with Crippen LogP contribution in [0.25, 0.3) is 0 Å². The first-order chi connectivity index (χ1) is 9.56. The van der Waals surface area contributed by atoms with E-state index in [0.29, 0.717) is 13.1 Å². The van der Waals surface area contributed by atoms with E-state index in [2.05, 4.69) is 10.6 Å². The van der Waals surface area contributed by atoms with Gasteiger partial charge in [0.15, 0.2) is 0 Å². The third-order valence-corrected chi connectivity index (χ3v) is 3.27. The Morgan fingerprint density at radius 3 is 2.35 bits per heavy atom. The molecule has 2 rings (SSSR count). The number of amides is 2. The molecule has 1 aromatic carbocycles. The number of rotatable bonds is 4. The molecule has 0 saturated carbocycles. The third-order valence-electron chi connectivity index (χ3n) is 3.27. The van der Waals surface area contributed by atoms with Crippen LogP contribution in [0.4, 0.5) is 9.18 Å². The first-order valence-electron chi connectivity index (χ1n) is 6.43. The van der Waals surface area contributed by atoms with Crippen LogP contribution in [0.2, 0.25) is 0 Å². The SMILES string of the molecule is Cc1ccc(CNC(=O)NCc2ccc(F)cc2)n1C. The van der Waals surface area contributed by atoms with Crippen molar-refractivity contribution in [2.75, 3.05) is 0 Å². The molecule has 2 amide bonds. The summed E-state index contributed by atoms with van der Waals surface area (Å²) in [6.07, 6.45) is 0. The number of carbonyl (C=O) groups excluding carboxylic acids is 1. The van der Waals surface area contributed by atoms with Crippen molar-refractivity contribution in [1.82, 2.24) is 15.2 Å². The average Bonchev–Trinajstić information content (AvgIpc) is 2.76. The van der Waals surface area contributed by atoms with Gasteiger partial charge in [-0.15, -0.1) is 0 Å². The Hall–Kier alpha value is -2.30. The molecule has 1 heterocycles. The molecular weight excluding hydrogens is 257 g/mol. The maximum absolute atomic E-state index is 12.7. The molecular formula is C15H18FN3O. The van der Waals surface area contributed by atoms with Crippen molar-refractivity contribution in [1.29, 1.82) is 0 Å². The van der Waals surface area contributed by atoms with Gasteiger partial charge in [-0.1, -0.05) is 12.1 Å². The minimum atomic E-state index is -0.280. The van der Waals surface area contributed by atoms with Gasteiger partial charge >= 0.3 is 6.03 Å². The largest absolute Gasteiger partial charge is 0.350 e. The smallest absolute Gasteiger partial charge is 0.315 e. The van der Waals surface area contributed by atoms with Crippen LogP contribution in [0.5, 0.6) is 0 Å². The highest BCUT2D eigenvalue weighted by Gasteiger charge is 2.04. The number of carbonyl (C=O) groups is 1. The van der Waals surface area contributed by atoms with E-state index >= 15 is 0 Å². The molecule has 0 fully saturated rings. The Bertz CT molecular complexity index is 590. The van der Waals surface area contributed by atoms with Crippen molar-refractivity contribution in [3.05, 3.63) is 59.2 Å². The summed E-state index contributed by atoms with van der Waals surface area (Å²) in [5.41, 5.74) is 3.05. The van der Waals surface area contributed by atoms with Crippen molar-refractivity contribution in [3.8, 4) is 0 Å². The summed E-state index contributed by atoms with van der Waals surface area (Å²) < 4.78 is 14.8. The highest BCUT2D eigenvalue weighted by atomic mass is 19.1. The third kappa shape index (κ3) is 3.60.